The van der Waals surface area contributed by atoms with Gasteiger partial charge in [-0.15, -0.1) is 11.6 Å². The van der Waals surface area contributed by atoms with E-state index in [1.807, 2.05) is 0 Å². The molecule has 0 aromatic heterocycles. The molecule has 1 aromatic rings. The van der Waals surface area contributed by atoms with Gasteiger partial charge >= 0.3 is 5.76 Å². The molecule has 21 heavy (non-hydrogen) atoms. The lowest BCUT2D eigenvalue weighted by Gasteiger charge is -2.08. The smallest absolute Gasteiger partial charge is 0.284 e. The zero-order chi connectivity index (χ0) is 16.1. The molecule has 0 saturated heterocycles. The van der Waals surface area contributed by atoms with Gasteiger partial charge in [0, 0.05) is 11.6 Å². The lowest BCUT2D eigenvalue weighted by atomic mass is 10.3. The van der Waals surface area contributed by atoms with E-state index in [9.17, 15) is 25.6 Å². The molecule has 0 heterocycles. The Morgan fingerprint density at radius 1 is 1.05 bits per heavy atom. The largest absolute Gasteiger partial charge is 0.341 e. The van der Waals surface area contributed by atoms with Crippen molar-refractivity contribution in [3.05, 3.63) is 24.3 Å². The summed E-state index contributed by atoms with van der Waals surface area (Å²) in [6.45, 7) is 0. The van der Waals surface area contributed by atoms with Gasteiger partial charge in [0.15, 0.2) is 0 Å². The number of anilines is 1. The van der Waals surface area contributed by atoms with Gasteiger partial charge in [-0.3, -0.25) is 4.72 Å². The second kappa shape index (κ2) is 7.37. The molecule has 0 amide bonds. The summed E-state index contributed by atoms with van der Waals surface area (Å²) < 4.78 is 72.6. The molecule has 120 valence electrons. The zero-order valence-electron chi connectivity index (χ0n) is 10.8. The van der Waals surface area contributed by atoms with E-state index in [-0.39, 0.29) is 11.4 Å². The zero-order valence-corrected chi connectivity index (χ0v) is 13.2. The minimum Gasteiger partial charge on any atom is -0.284 e. The van der Waals surface area contributed by atoms with Crippen molar-refractivity contribution in [2.75, 3.05) is 16.4 Å². The normalized spacial score (nSPS) is 12.6. The Labute approximate surface area is 127 Å². The van der Waals surface area contributed by atoms with Crippen molar-refractivity contribution in [2.24, 2.45) is 0 Å². The summed E-state index contributed by atoms with van der Waals surface area (Å²) in [4.78, 5) is -0.567. The molecule has 1 N–H and O–H groups in total. The summed E-state index contributed by atoms with van der Waals surface area (Å²) in [7, 11) is -8.26. The molecule has 0 bridgehead atoms. The first-order chi connectivity index (χ1) is 9.69. The highest BCUT2D eigenvalue weighted by molar-refractivity contribution is 7.92. The van der Waals surface area contributed by atoms with Crippen LogP contribution in [0.15, 0.2) is 29.2 Å². The first kappa shape index (κ1) is 18.1. The van der Waals surface area contributed by atoms with Crippen LogP contribution in [0.25, 0.3) is 0 Å². The molecule has 0 aliphatic heterocycles. The minimum atomic E-state index is -4.68. The van der Waals surface area contributed by atoms with E-state index in [2.05, 4.69) is 4.72 Å². The van der Waals surface area contributed by atoms with Crippen molar-refractivity contribution in [3.8, 4) is 0 Å². The van der Waals surface area contributed by atoms with Crippen molar-refractivity contribution in [2.45, 2.75) is 23.5 Å². The Morgan fingerprint density at radius 3 is 2.10 bits per heavy atom. The van der Waals surface area contributed by atoms with Crippen molar-refractivity contribution >= 4 is 37.1 Å². The summed E-state index contributed by atoms with van der Waals surface area (Å²) in [5.41, 5.74) is 0.106. The first-order valence-corrected chi connectivity index (χ1v) is 9.61. The highest BCUT2D eigenvalue weighted by Crippen LogP contribution is 2.20. The van der Waals surface area contributed by atoms with Crippen LogP contribution in [-0.2, 0) is 19.9 Å². The molecule has 5 nitrogen and oxygen atoms in total. The van der Waals surface area contributed by atoms with Gasteiger partial charge in [-0.1, -0.05) is 0 Å². The molecule has 0 aliphatic carbocycles. The number of rotatable bonds is 8. The topological polar surface area (TPSA) is 80.3 Å². The fourth-order valence-electron chi connectivity index (χ4n) is 1.43. The van der Waals surface area contributed by atoms with Crippen LogP contribution < -0.4 is 4.72 Å². The van der Waals surface area contributed by atoms with Crippen molar-refractivity contribution < 1.29 is 25.6 Å². The van der Waals surface area contributed by atoms with Gasteiger partial charge in [0.2, 0.25) is 19.9 Å². The van der Waals surface area contributed by atoms with Crippen LogP contribution in [0.1, 0.15) is 12.8 Å². The van der Waals surface area contributed by atoms with E-state index in [1.54, 1.807) is 0 Å². The van der Waals surface area contributed by atoms with Crippen LogP contribution in [0.5, 0.6) is 0 Å². The standard InChI is InChI=1S/C11H14ClF2NO4S2/c12-7-1-2-8-20(16,17)15-9-3-5-10(6-4-9)21(18,19)11(13)14/h3-6,11,15H,1-2,7-8H2. The molecule has 0 fully saturated rings. The van der Waals surface area contributed by atoms with E-state index in [0.29, 0.717) is 18.7 Å². The lowest BCUT2D eigenvalue weighted by Crippen LogP contribution is -2.17. The van der Waals surface area contributed by atoms with Gasteiger partial charge < -0.3 is 0 Å². The third-order valence-corrected chi connectivity index (χ3v) is 5.53. The number of benzene rings is 1. The molecule has 0 atom stereocenters. The predicted octanol–water partition coefficient (Wildman–Crippen LogP) is 2.44. The fourth-order valence-corrected chi connectivity index (χ4v) is 3.52. The Bertz CT molecular complexity index is 660. The summed E-state index contributed by atoms with van der Waals surface area (Å²) in [6, 6.07) is 4.10. The van der Waals surface area contributed by atoms with Crippen LogP contribution in [0.4, 0.5) is 14.5 Å². The maximum Gasteiger partial charge on any atom is 0.341 e. The molecule has 0 spiro atoms. The molecule has 0 aliphatic rings. The van der Waals surface area contributed by atoms with Crippen LogP contribution in [0.3, 0.4) is 0 Å². The van der Waals surface area contributed by atoms with E-state index >= 15 is 0 Å². The minimum absolute atomic E-state index is 0.106. The number of sulfonamides is 1. The summed E-state index contributed by atoms with van der Waals surface area (Å²) in [5.74, 6) is -3.29. The van der Waals surface area contributed by atoms with Crippen LogP contribution >= 0.6 is 11.6 Å². The van der Waals surface area contributed by atoms with E-state index in [1.165, 1.54) is 0 Å². The number of sulfone groups is 1. The predicted molar refractivity (Wildman–Crippen MR) is 77.0 cm³/mol. The van der Waals surface area contributed by atoms with Crippen molar-refractivity contribution in [1.82, 2.24) is 0 Å². The second-order valence-corrected chi connectivity index (χ2v) is 8.28. The SMILES string of the molecule is O=S(=O)(CCCCCl)Nc1ccc(S(=O)(=O)C(F)F)cc1. The molecule has 0 radical (unpaired) electrons. The Balaban J connectivity index is 2.80. The maximum absolute atomic E-state index is 12.3. The molecule has 1 rings (SSSR count). The number of hydrogen-bond acceptors (Lipinski definition) is 4. The van der Waals surface area contributed by atoms with Crippen molar-refractivity contribution in [3.63, 3.8) is 0 Å². The van der Waals surface area contributed by atoms with Gasteiger partial charge in [-0.2, -0.15) is 8.78 Å². The van der Waals surface area contributed by atoms with Gasteiger partial charge in [-0.05, 0) is 37.1 Å². The van der Waals surface area contributed by atoms with Crippen molar-refractivity contribution in [1.29, 1.82) is 0 Å². The number of hydrogen-bond donors (Lipinski definition) is 1. The number of unbranched alkanes of at least 4 members (excludes halogenated alkanes) is 1. The average molecular weight is 362 g/mol. The third-order valence-electron chi connectivity index (χ3n) is 2.49. The van der Waals surface area contributed by atoms with Gasteiger partial charge in [0.05, 0.1) is 10.6 Å². The quantitative estimate of drug-likeness (QED) is 0.569. The average Bonchev–Trinajstić information content (AvgIpc) is 2.38. The van der Waals surface area contributed by atoms with E-state index in [0.717, 1.165) is 24.3 Å². The Morgan fingerprint density at radius 2 is 1.62 bits per heavy atom. The molecule has 1 aromatic carbocycles. The van der Waals surface area contributed by atoms with Gasteiger partial charge in [0.25, 0.3) is 0 Å². The third kappa shape index (κ3) is 5.40. The molecular formula is C11H14ClF2NO4S2. The summed E-state index contributed by atoms with van der Waals surface area (Å²) in [6.07, 6.45) is 0.935. The maximum atomic E-state index is 12.3. The first-order valence-electron chi connectivity index (χ1n) is 5.87. The highest BCUT2D eigenvalue weighted by atomic mass is 35.5. The van der Waals surface area contributed by atoms with Crippen LogP contribution in [-0.4, -0.2) is 34.2 Å². The number of halogens is 3. The highest BCUT2D eigenvalue weighted by Gasteiger charge is 2.26. The van der Waals surface area contributed by atoms with Crippen LogP contribution in [0.2, 0.25) is 0 Å². The van der Waals surface area contributed by atoms with Crippen LogP contribution in [0, 0.1) is 0 Å². The summed E-state index contributed by atoms with van der Waals surface area (Å²) in [5, 5.41) is 0. The second-order valence-electron chi connectivity index (χ2n) is 4.15. The number of nitrogens with one attached hydrogen (secondary N) is 1. The van der Waals surface area contributed by atoms with E-state index in [4.69, 9.17) is 11.6 Å². The van der Waals surface area contributed by atoms with Gasteiger partial charge in [-0.25, -0.2) is 16.8 Å². The Hall–Kier alpha value is -0.930. The molecular weight excluding hydrogens is 348 g/mol. The van der Waals surface area contributed by atoms with Gasteiger partial charge in [0.1, 0.15) is 0 Å². The fraction of sp³-hybridized carbons (Fsp3) is 0.455. The molecule has 10 heteroatoms. The Kier molecular flexibility index (Phi) is 6.36. The lowest BCUT2D eigenvalue weighted by molar-refractivity contribution is 0.234. The van der Waals surface area contributed by atoms with E-state index < -0.39 is 30.5 Å². The molecule has 0 saturated carbocycles. The molecule has 0 unspecified atom stereocenters. The monoisotopic (exact) mass is 361 g/mol. The summed E-state index contributed by atoms with van der Waals surface area (Å²) >= 11 is 5.44. The number of alkyl halides is 3.